The fraction of sp³-hybridized carbons (Fsp3) is 1.00. The molecule has 4 heavy (non-hydrogen) atoms. The molecule has 0 bridgehead atoms. The van der Waals surface area contributed by atoms with Gasteiger partial charge in [0.05, 0.1) is 0 Å². The molecule has 0 saturated heterocycles. The Morgan fingerprint density at radius 2 is 2.25 bits per heavy atom. The molecule has 0 aromatic carbocycles. The van der Waals surface area contributed by atoms with E-state index < -0.39 is 0 Å². The molecule has 0 fully saturated rings. The Labute approximate surface area is 29.5 Å². The zero-order chi connectivity index (χ0) is 3.41. The fourth-order valence-electron chi connectivity index (χ4n) is 0. The molecular weight excluding hydrogens is 68.1 g/mol. The molecule has 0 aliphatic rings. The lowest BCUT2D eigenvalue weighted by atomic mass is 10.9. The molecule has 0 saturated carbocycles. The van der Waals surface area contributed by atoms with E-state index in [4.69, 9.17) is 0 Å². The van der Waals surface area contributed by atoms with Crippen molar-refractivity contribution in [2.45, 2.75) is 6.92 Å². The first-order chi connectivity index (χ1) is 1.91. The van der Waals surface area contributed by atoms with Gasteiger partial charge in [-0.2, -0.15) is 0 Å². The van der Waals surface area contributed by atoms with E-state index in [1.165, 1.54) is 0 Å². The van der Waals surface area contributed by atoms with Crippen molar-refractivity contribution < 1.29 is 4.43 Å². The van der Waals surface area contributed by atoms with Gasteiger partial charge < -0.3 is 4.43 Å². The van der Waals surface area contributed by atoms with Crippen molar-refractivity contribution in [2.75, 3.05) is 6.61 Å². The van der Waals surface area contributed by atoms with Crippen molar-refractivity contribution in [2.24, 2.45) is 0 Å². The van der Waals surface area contributed by atoms with Crippen LogP contribution < -0.4 is 0 Å². The van der Waals surface area contributed by atoms with Crippen LogP contribution in [0.4, 0.5) is 0 Å². The lowest BCUT2D eigenvalue weighted by Crippen LogP contribution is -1.76. The summed E-state index contributed by atoms with van der Waals surface area (Å²) in [6.07, 6.45) is 0. The van der Waals surface area contributed by atoms with Crippen LogP contribution in [0.5, 0.6) is 0 Å². The Bertz CT molecular complexity index is 8.00. The second kappa shape index (κ2) is 3.18. The first-order valence-corrected chi connectivity index (χ1v) is 2.22. The van der Waals surface area contributed by atoms with E-state index >= 15 is 0 Å². The standard InChI is InChI=1S/C2H8OSi/c1-2-3-4/h2H2,1,4H3. The molecule has 0 heterocycles. The maximum atomic E-state index is 4.68. The predicted octanol–water partition coefficient (Wildman–Crippen LogP) is -0.697. The highest BCUT2D eigenvalue weighted by atomic mass is 28.2. The van der Waals surface area contributed by atoms with Gasteiger partial charge >= 0.3 is 0 Å². The van der Waals surface area contributed by atoms with Crippen LogP contribution in [-0.4, -0.2) is 17.1 Å². The summed E-state index contributed by atoms with van der Waals surface area (Å²) in [7, 11) is 0.890. The lowest BCUT2D eigenvalue weighted by molar-refractivity contribution is 0.375. The minimum absolute atomic E-state index is 0.881. The van der Waals surface area contributed by atoms with Gasteiger partial charge in [-0.05, 0) is 6.92 Å². The Balaban J connectivity index is 1.97. The third kappa shape index (κ3) is 2.18. The van der Waals surface area contributed by atoms with E-state index in [1.807, 2.05) is 6.92 Å². The average Bonchev–Trinajstić information content (AvgIpc) is 1.37. The predicted molar refractivity (Wildman–Crippen MR) is 21.6 cm³/mol. The van der Waals surface area contributed by atoms with Crippen LogP contribution >= 0.6 is 0 Å². The summed E-state index contributed by atoms with van der Waals surface area (Å²) in [6, 6.07) is 0. The molecule has 0 aliphatic heterocycles. The second-order valence-electron chi connectivity index (χ2n) is 0.577. The topological polar surface area (TPSA) is 9.23 Å². The molecule has 0 aromatic heterocycles. The number of hydrogen-bond donors (Lipinski definition) is 0. The molecule has 0 atom stereocenters. The molecule has 0 aliphatic carbocycles. The first kappa shape index (κ1) is 4.18. The zero-order valence-electron chi connectivity index (χ0n) is 3.12. The van der Waals surface area contributed by atoms with Gasteiger partial charge in [0.1, 0.15) is 10.5 Å². The summed E-state index contributed by atoms with van der Waals surface area (Å²) in [5, 5.41) is 0. The highest BCUT2D eigenvalue weighted by Crippen LogP contribution is 1.50. The van der Waals surface area contributed by atoms with Crippen LogP contribution in [-0.2, 0) is 4.43 Å². The summed E-state index contributed by atoms with van der Waals surface area (Å²) in [6.45, 7) is 2.87. The zero-order valence-corrected chi connectivity index (χ0v) is 5.12. The molecular formula is C2H8OSi. The van der Waals surface area contributed by atoms with Gasteiger partial charge in [-0.1, -0.05) is 0 Å². The second-order valence-corrected chi connectivity index (χ2v) is 1.15. The van der Waals surface area contributed by atoms with E-state index in [1.54, 1.807) is 0 Å². The Morgan fingerprint density at radius 1 is 2.00 bits per heavy atom. The van der Waals surface area contributed by atoms with Crippen molar-refractivity contribution in [3.63, 3.8) is 0 Å². The van der Waals surface area contributed by atoms with Gasteiger partial charge in [0, 0.05) is 6.61 Å². The van der Waals surface area contributed by atoms with Crippen molar-refractivity contribution in [1.29, 1.82) is 0 Å². The van der Waals surface area contributed by atoms with Gasteiger partial charge in [0.2, 0.25) is 0 Å². The maximum Gasteiger partial charge on any atom is 0.145 e. The molecule has 0 aromatic rings. The fourth-order valence-corrected chi connectivity index (χ4v) is 0. The molecule has 0 amide bonds. The van der Waals surface area contributed by atoms with Crippen molar-refractivity contribution in [3.8, 4) is 0 Å². The van der Waals surface area contributed by atoms with E-state index in [0.717, 1.165) is 17.1 Å². The van der Waals surface area contributed by atoms with Crippen molar-refractivity contribution in [1.82, 2.24) is 0 Å². The highest BCUT2D eigenvalue weighted by Gasteiger charge is 1.51. The van der Waals surface area contributed by atoms with Crippen LogP contribution in [0.15, 0.2) is 0 Å². The molecule has 2 heteroatoms. The summed E-state index contributed by atoms with van der Waals surface area (Å²) in [5.41, 5.74) is 0. The molecule has 0 spiro atoms. The number of hydrogen-bond acceptors (Lipinski definition) is 1. The SMILES string of the molecule is CCO[SiH3]. The van der Waals surface area contributed by atoms with Crippen molar-refractivity contribution in [3.05, 3.63) is 0 Å². The monoisotopic (exact) mass is 76.0 g/mol. The minimum atomic E-state index is 0.881. The normalized spacial score (nSPS) is 8.25. The van der Waals surface area contributed by atoms with Gasteiger partial charge in [-0.25, -0.2) is 0 Å². The third-order valence-corrected chi connectivity index (χ3v) is 0.866. The maximum absolute atomic E-state index is 4.68. The summed E-state index contributed by atoms with van der Waals surface area (Å²) in [5.74, 6) is 0. The Hall–Kier alpha value is 0.177. The van der Waals surface area contributed by atoms with E-state index in [0.29, 0.717) is 0 Å². The van der Waals surface area contributed by atoms with Crippen LogP contribution in [0.1, 0.15) is 6.92 Å². The number of rotatable bonds is 1. The Morgan fingerprint density at radius 3 is 2.25 bits per heavy atom. The van der Waals surface area contributed by atoms with Crippen LogP contribution in [0.3, 0.4) is 0 Å². The molecule has 1 nitrogen and oxygen atoms in total. The van der Waals surface area contributed by atoms with Gasteiger partial charge in [0.25, 0.3) is 0 Å². The first-order valence-electron chi connectivity index (χ1n) is 1.40. The lowest BCUT2D eigenvalue weighted by Gasteiger charge is -1.77. The minimum Gasteiger partial charge on any atom is -0.428 e. The molecule has 26 valence electrons. The van der Waals surface area contributed by atoms with Gasteiger partial charge in [0.15, 0.2) is 0 Å². The van der Waals surface area contributed by atoms with Gasteiger partial charge in [-0.3, -0.25) is 0 Å². The summed E-state index contributed by atoms with van der Waals surface area (Å²) in [4.78, 5) is 0. The molecule has 0 unspecified atom stereocenters. The molecule has 0 radical (unpaired) electrons. The van der Waals surface area contributed by atoms with E-state index in [-0.39, 0.29) is 0 Å². The largest absolute Gasteiger partial charge is 0.428 e. The third-order valence-electron chi connectivity index (χ3n) is 0.289. The van der Waals surface area contributed by atoms with E-state index in [9.17, 15) is 0 Å². The summed E-state index contributed by atoms with van der Waals surface area (Å²) >= 11 is 0. The van der Waals surface area contributed by atoms with Crippen LogP contribution in [0.25, 0.3) is 0 Å². The van der Waals surface area contributed by atoms with Crippen LogP contribution in [0, 0.1) is 0 Å². The van der Waals surface area contributed by atoms with E-state index in [2.05, 4.69) is 4.43 Å². The summed E-state index contributed by atoms with van der Waals surface area (Å²) < 4.78 is 4.68. The Kier molecular flexibility index (Phi) is 3.32. The van der Waals surface area contributed by atoms with Gasteiger partial charge in [-0.15, -0.1) is 0 Å². The van der Waals surface area contributed by atoms with Crippen LogP contribution in [0.2, 0.25) is 0 Å². The smallest absolute Gasteiger partial charge is 0.145 e. The van der Waals surface area contributed by atoms with Crippen molar-refractivity contribution >= 4 is 10.5 Å². The highest BCUT2D eigenvalue weighted by molar-refractivity contribution is 5.97. The average molecular weight is 76.2 g/mol. The molecule has 0 rings (SSSR count). The molecule has 0 N–H and O–H groups in total. The quantitative estimate of drug-likeness (QED) is 0.375.